The number of carbonyl (C=O) groups is 2. The molecule has 1 aliphatic heterocycles. The van der Waals surface area contributed by atoms with E-state index in [2.05, 4.69) is 5.32 Å². The van der Waals surface area contributed by atoms with Crippen LogP contribution in [0.2, 0.25) is 0 Å². The molecule has 1 aliphatic rings. The lowest BCUT2D eigenvalue weighted by Gasteiger charge is -2.11. The van der Waals surface area contributed by atoms with Crippen molar-refractivity contribution >= 4 is 12.2 Å². The second kappa shape index (κ2) is 7.67. The number of fused-ring (bicyclic) bond motifs is 1. The maximum absolute atomic E-state index is 12.6. The molecule has 1 amide bonds. The summed E-state index contributed by atoms with van der Waals surface area (Å²) in [6.07, 6.45) is -4.27. The Labute approximate surface area is 116 Å². The van der Waals surface area contributed by atoms with Gasteiger partial charge in [0.2, 0.25) is 0 Å². The van der Waals surface area contributed by atoms with E-state index in [4.69, 9.17) is 0 Å². The van der Waals surface area contributed by atoms with E-state index in [-0.39, 0.29) is 23.2 Å². The Morgan fingerprint density at radius 2 is 1.70 bits per heavy atom. The second-order valence-electron chi connectivity index (χ2n) is 3.39. The molecule has 2 rings (SSSR count). The Morgan fingerprint density at radius 1 is 1.15 bits per heavy atom. The predicted octanol–water partition coefficient (Wildman–Crippen LogP) is 3.81. The first-order valence-electron chi connectivity index (χ1n) is 6.41. The first-order valence-corrected chi connectivity index (χ1v) is 6.41. The molecule has 1 heterocycles. The van der Waals surface area contributed by atoms with Gasteiger partial charge in [-0.05, 0) is 17.7 Å². The van der Waals surface area contributed by atoms with E-state index < -0.39 is 17.6 Å². The summed E-state index contributed by atoms with van der Waals surface area (Å²) in [5.74, 6) is -0.579. The molecule has 20 heavy (non-hydrogen) atoms. The summed E-state index contributed by atoms with van der Waals surface area (Å²) in [4.78, 5) is 21.7. The summed E-state index contributed by atoms with van der Waals surface area (Å²) in [5.41, 5.74) is -1.24. The average molecular weight is 289 g/mol. The molecule has 1 N–H and O–H groups in total. The standard InChI is InChI=1S/C10H6F3NO2.2C2H6/c11-10(12,13)8-2-5(4-15)1-6-7(8)3-14-9(6)16;2*1-2/h1-2,4H,3H2,(H,14,16);2*1-2H3. The fourth-order valence-corrected chi connectivity index (χ4v) is 1.67. The smallest absolute Gasteiger partial charge is 0.348 e. The molecule has 0 saturated carbocycles. The van der Waals surface area contributed by atoms with Crippen LogP contribution in [0.15, 0.2) is 12.1 Å². The van der Waals surface area contributed by atoms with Crippen LogP contribution in [0.3, 0.4) is 0 Å². The normalized spacial score (nSPS) is 12.2. The molecule has 0 saturated heterocycles. The third-order valence-electron chi connectivity index (χ3n) is 2.38. The van der Waals surface area contributed by atoms with Gasteiger partial charge in [0.1, 0.15) is 6.29 Å². The van der Waals surface area contributed by atoms with Crippen LogP contribution in [0.5, 0.6) is 0 Å². The molecule has 0 aromatic heterocycles. The molecule has 0 aliphatic carbocycles. The van der Waals surface area contributed by atoms with Crippen molar-refractivity contribution in [3.8, 4) is 0 Å². The molecule has 0 fully saturated rings. The van der Waals surface area contributed by atoms with Gasteiger partial charge in [-0.15, -0.1) is 0 Å². The Kier molecular flexibility index (Phi) is 6.96. The second-order valence-corrected chi connectivity index (χ2v) is 3.39. The Bertz CT molecular complexity index is 482. The number of hydrogen-bond donors (Lipinski definition) is 1. The molecule has 6 heteroatoms. The topological polar surface area (TPSA) is 46.2 Å². The molecular weight excluding hydrogens is 271 g/mol. The summed E-state index contributed by atoms with van der Waals surface area (Å²) in [6, 6.07) is 1.92. The molecule has 0 atom stereocenters. The van der Waals surface area contributed by atoms with Gasteiger partial charge in [0, 0.05) is 17.7 Å². The van der Waals surface area contributed by atoms with E-state index in [0.29, 0.717) is 6.29 Å². The highest BCUT2D eigenvalue weighted by Gasteiger charge is 2.37. The molecule has 0 spiro atoms. The first kappa shape index (κ1) is 18.1. The van der Waals surface area contributed by atoms with Gasteiger partial charge < -0.3 is 5.32 Å². The van der Waals surface area contributed by atoms with E-state index in [1.807, 2.05) is 27.7 Å². The highest BCUT2D eigenvalue weighted by Crippen LogP contribution is 2.35. The van der Waals surface area contributed by atoms with Crippen molar-refractivity contribution in [3.63, 3.8) is 0 Å². The number of amides is 1. The average Bonchev–Trinajstić information content (AvgIpc) is 2.83. The summed E-state index contributed by atoms with van der Waals surface area (Å²) in [7, 11) is 0. The van der Waals surface area contributed by atoms with Crippen molar-refractivity contribution in [2.24, 2.45) is 0 Å². The van der Waals surface area contributed by atoms with E-state index >= 15 is 0 Å². The number of carbonyl (C=O) groups excluding carboxylic acids is 2. The summed E-state index contributed by atoms with van der Waals surface area (Å²) in [5, 5.41) is 2.29. The molecule has 3 nitrogen and oxygen atoms in total. The predicted molar refractivity (Wildman–Crippen MR) is 70.7 cm³/mol. The van der Waals surface area contributed by atoms with E-state index in [0.717, 1.165) is 6.07 Å². The number of hydrogen-bond acceptors (Lipinski definition) is 2. The van der Waals surface area contributed by atoms with Crippen LogP contribution in [0.4, 0.5) is 13.2 Å². The lowest BCUT2D eigenvalue weighted by Crippen LogP contribution is -2.12. The van der Waals surface area contributed by atoms with Crippen LogP contribution < -0.4 is 5.32 Å². The Balaban J connectivity index is 0.000000829. The van der Waals surface area contributed by atoms with E-state index in [1.54, 1.807) is 0 Å². The van der Waals surface area contributed by atoms with Crippen LogP contribution >= 0.6 is 0 Å². The van der Waals surface area contributed by atoms with Crippen molar-refractivity contribution < 1.29 is 22.8 Å². The SMILES string of the molecule is CC.CC.O=Cc1cc2c(c(C(F)(F)F)c1)CNC2=O. The number of halogens is 3. The fourth-order valence-electron chi connectivity index (χ4n) is 1.67. The van der Waals surface area contributed by atoms with Gasteiger partial charge in [-0.3, -0.25) is 9.59 Å². The summed E-state index contributed by atoms with van der Waals surface area (Å²) in [6.45, 7) is 7.85. The van der Waals surface area contributed by atoms with Crippen molar-refractivity contribution in [1.29, 1.82) is 0 Å². The first-order chi connectivity index (χ1) is 9.43. The molecule has 0 bridgehead atoms. The van der Waals surface area contributed by atoms with Gasteiger partial charge in [0.15, 0.2) is 0 Å². The minimum absolute atomic E-state index is 0.0723. The third-order valence-corrected chi connectivity index (χ3v) is 2.38. The van der Waals surface area contributed by atoms with Crippen LogP contribution in [0.25, 0.3) is 0 Å². The minimum Gasteiger partial charge on any atom is -0.348 e. The Morgan fingerprint density at radius 3 is 2.15 bits per heavy atom. The highest BCUT2D eigenvalue weighted by atomic mass is 19.4. The quantitative estimate of drug-likeness (QED) is 0.799. The van der Waals surface area contributed by atoms with Gasteiger partial charge in [-0.2, -0.15) is 13.2 Å². The van der Waals surface area contributed by atoms with Crippen LogP contribution in [-0.2, 0) is 12.7 Å². The number of alkyl halides is 3. The van der Waals surface area contributed by atoms with Crippen LogP contribution in [0.1, 0.15) is 59.5 Å². The summed E-state index contributed by atoms with van der Waals surface area (Å²) >= 11 is 0. The number of benzene rings is 1. The zero-order valence-corrected chi connectivity index (χ0v) is 11.9. The molecule has 1 aromatic rings. The summed E-state index contributed by atoms with van der Waals surface area (Å²) < 4.78 is 37.9. The molecule has 0 radical (unpaired) electrons. The maximum Gasteiger partial charge on any atom is 0.416 e. The highest BCUT2D eigenvalue weighted by molar-refractivity contribution is 6.00. The number of aldehydes is 1. The lowest BCUT2D eigenvalue weighted by molar-refractivity contribution is -0.138. The Hall–Kier alpha value is -1.85. The molecular formula is C14H18F3NO2. The van der Waals surface area contributed by atoms with E-state index in [9.17, 15) is 22.8 Å². The monoisotopic (exact) mass is 289 g/mol. The fraction of sp³-hybridized carbons (Fsp3) is 0.429. The van der Waals surface area contributed by atoms with Gasteiger partial charge in [0.05, 0.1) is 5.56 Å². The number of rotatable bonds is 1. The number of nitrogens with one attached hydrogen (secondary N) is 1. The maximum atomic E-state index is 12.6. The molecule has 112 valence electrons. The van der Waals surface area contributed by atoms with Crippen LogP contribution in [-0.4, -0.2) is 12.2 Å². The van der Waals surface area contributed by atoms with Crippen molar-refractivity contribution in [2.75, 3.05) is 0 Å². The van der Waals surface area contributed by atoms with Crippen molar-refractivity contribution in [1.82, 2.24) is 5.32 Å². The van der Waals surface area contributed by atoms with Gasteiger partial charge in [0.25, 0.3) is 5.91 Å². The van der Waals surface area contributed by atoms with Crippen molar-refractivity contribution in [3.05, 3.63) is 34.4 Å². The van der Waals surface area contributed by atoms with Gasteiger partial charge >= 0.3 is 6.18 Å². The van der Waals surface area contributed by atoms with E-state index in [1.165, 1.54) is 6.07 Å². The van der Waals surface area contributed by atoms with Crippen LogP contribution in [0, 0.1) is 0 Å². The van der Waals surface area contributed by atoms with Gasteiger partial charge in [-0.1, -0.05) is 27.7 Å². The van der Waals surface area contributed by atoms with Gasteiger partial charge in [-0.25, -0.2) is 0 Å². The lowest BCUT2D eigenvalue weighted by atomic mass is 9.99. The third kappa shape index (κ3) is 3.82. The largest absolute Gasteiger partial charge is 0.416 e. The zero-order chi connectivity index (χ0) is 15.9. The molecule has 1 aromatic carbocycles. The van der Waals surface area contributed by atoms with Crippen molar-refractivity contribution in [2.45, 2.75) is 40.4 Å². The minimum atomic E-state index is -4.56. The molecule has 0 unspecified atom stereocenters. The zero-order valence-electron chi connectivity index (χ0n) is 11.9.